The molecule has 2 rings (SSSR count). The summed E-state index contributed by atoms with van der Waals surface area (Å²) in [6.07, 6.45) is 2.49. The molecule has 0 bridgehead atoms. The van der Waals surface area contributed by atoms with E-state index in [0.717, 1.165) is 30.8 Å². The van der Waals surface area contributed by atoms with Gasteiger partial charge in [-0.3, -0.25) is 0 Å². The van der Waals surface area contributed by atoms with E-state index in [2.05, 4.69) is 15.3 Å². The fourth-order valence-electron chi connectivity index (χ4n) is 1.81. The molecule has 1 aromatic heterocycles. The minimum atomic E-state index is 0.493. The molecule has 18 heavy (non-hydrogen) atoms. The van der Waals surface area contributed by atoms with Crippen molar-refractivity contribution >= 4 is 0 Å². The Morgan fingerprint density at radius 1 is 1.22 bits per heavy atom. The number of nitrogens with one attached hydrogen (secondary N) is 1. The van der Waals surface area contributed by atoms with E-state index in [1.165, 1.54) is 0 Å². The van der Waals surface area contributed by atoms with Gasteiger partial charge in [0.1, 0.15) is 12.9 Å². The zero-order valence-electron chi connectivity index (χ0n) is 10.6. The largest absolute Gasteiger partial charge is 0.475 e. The lowest BCUT2D eigenvalue weighted by Gasteiger charge is -2.18. The third-order valence-electron chi connectivity index (χ3n) is 2.73. The van der Waals surface area contributed by atoms with Crippen LogP contribution < -0.4 is 10.1 Å². The maximum Gasteiger partial charge on any atom is 0.221 e. The number of fused-ring (bicyclic) bond motifs is 1. The molecule has 100 valence electrons. The molecule has 6 nitrogen and oxygen atoms in total. The van der Waals surface area contributed by atoms with Crippen LogP contribution in [0.4, 0.5) is 0 Å². The van der Waals surface area contributed by atoms with Crippen LogP contribution >= 0.6 is 0 Å². The van der Waals surface area contributed by atoms with E-state index in [-0.39, 0.29) is 0 Å². The molecular formula is C12H19N3O3. The molecule has 0 radical (unpaired) electrons. The molecule has 0 saturated heterocycles. The van der Waals surface area contributed by atoms with Gasteiger partial charge in [-0.15, -0.1) is 0 Å². The number of ether oxygens (including phenoxy) is 3. The van der Waals surface area contributed by atoms with Gasteiger partial charge in [0.15, 0.2) is 0 Å². The number of methoxy groups -OCH3 is 1. The van der Waals surface area contributed by atoms with Crippen molar-refractivity contribution in [3.05, 3.63) is 17.6 Å². The van der Waals surface area contributed by atoms with Gasteiger partial charge in [0.05, 0.1) is 25.5 Å². The standard InChI is InChI=1S/C12H19N3O3/c1-16-4-5-17-6-7-18-12-10-8-13-3-2-11(10)14-9-15-12/h9,13H,2-8H2,1H3. The second-order valence-corrected chi connectivity index (χ2v) is 3.98. The summed E-state index contributed by atoms with van der Waals surface area (Å²) in [5.74, 6) is 0.669. The summed E-state index contributed by atoms with van der Waals surface area (Å²) in [5, 5.41) is 3.29. The van der Waals surface area contributed by atoms with Crippen LogP contribution in [0.3, 0.4) is 0 Å². The summed E-state index contributed by atoms with van der Waals surface area (Å²) in [5.41, 5.74) is 2.15. The minimum Gasteiger partial charge on any atom is -0.475 e. The van der Waals surface area contributed by atoms with Crippen LogP contribution in [-0.2, 0) is 22.4 Å². The normalized spacial score (nSPS) is 14.3. The van der Waals surface area contributed by atoms with Crippen molar-refractivity contribution in [3.8, 4) is 5.88 Å². The summed E-state index contributed by atoms with van der Waals surface area (Å²) in [7, 11) is 1.65. The Morgan fingerprint density at radius 3 is 3.00 bits per heavy atom. The van der Waals surface area contributed by atoms with E-state index < -0.39 is 0 Å². The van der Waals surface area contributed by atoms with Gasteiger partial charge >= 0.3 is 0 Å². The van der Waals surface area contributed by atoms with Gasteiger partial charge in [-0.05, 0) is 0 Å². The van der Waals surface area contributed by atoms with Crippen molar-refractivity contribution < 1.29 is 14.2 Å². The van der Waals surface area contributed by atoms with E-state index in [4.69, 9.17) is 14.2 Å². The van der Waals surface area contributed by atoms with Gasteiger partial charge in [0.25, 0.3) is 0 Å². The summed E-state index contributed by atoms with van der Waals surface area (Å²) in [4.78, 5) is 8.44. The van der Waals surface area contributed by atoms with Crippen molar-refractivity contribution in [1.82, 2.24) is 15.3 Å². The molecule has 6 heteroatoms. The fourth-order valence-corrected chi connectivity index (χ4v) is 1.81. The summed E-state index contributed by atoms with van der Waals surface area (Å²) < 4.78 is 15.8. The zero-order valence-corrected chi connectivity index (χ0v) is 10.6. The van der Waals surface area contributed by atoms with Crippen LogP contribution in [0.5, 0.6) is 5.88 Å². The summed E-state index contributed by atoms with van der Waals surface area (Å²) in [6, 6.07) is 0. The third-order valence-corrected chi connectivity index (χ3v) is 2.73. The minimum absolute atomic E-state index is 0.493. The van der Waals surface area contributed by atoms with Gasteiger partial charge in [0.2, 0.25) is 5.88 Å². The highest BCUT2D eigenvalue weighted by Gasteiger charge is 2.15. The quantitative estimate of drug-likeness (QED) is 0.699. The molecule has 0 aliphatic carbocycles. The van der Waals surface area contributed by atoms with Crippen molar-refractivity contribution in [2.24, 2.45) is 0 Å². The Morgan fingerprint density at radius 2 is 2.11 bits per heavy atom. The molecule has 2 heterocycles. The SMILES string of the molecule is COCCOCCOc1ncnc2c1CNCC2. The molecule has 1 N–H and O–H groups in total. The van der Waals surface area contributed by atoms with Gasteiger partial charge in [-0.25, -0.2) is 9.97 Å². The van der Waals surface area contributed by atoms with Crippen LogP contribution in [0.2, 0.25) is 0 Å². The first-order valence-electron chi connectivity index (χ1n) is 6.14. The molecule has 0 amide bonds. The fraction of sp³-hybridized carbons (Fsp3) is 0.667. The molecule has 1 aromatic rings. The highest BCUT2D eigenvalue weighted by Crippen LogP contribution is 2.20. The second kappa shape index (κ2) is 7.25. The lowest BCUT2D eigenvalue weighted by atomic mass is 10.1. The highest BCUT2D eigenvalue weighted by molar-refractivity contribution is 5.31. The molecule has 0 unspecified atom stereocenters. The number of hydrogen-bond acceptors (Lipinski definition) is 6. The Kier molecular flexibility index (Phi) is 5.32. The first kappa shape index (κ1) is 13.2. The van der Waals surface area contributed by atoms with Gasteiger partial charge < -0.3 is 19.5 Å². The van der Waals surface area contributed by atoms with Crippen molar-refractivity contribution in [1.29, 1.82) is 0 Å². The predicted molar refractivity (Wildman–Crippen MR) is 65.6 cm³/mol. The van der Waals surface area contributed by atoms with E-state index in [1.54, 1.807) is 13.4 Å². The molecule has 0 atom stereocenters. The Labute approximate surface area is 107 Å². The maximum absolute atomic E-state index is 5.63. The zero-order chi connectivity index (χ0) is 12.6. The molecular weight excluding hydrogens is 234 g/mol. The van der Waals surface area contributed by atoms with Crippen molar-refractivity contribution in [2.75, 3.05) is 40.1 Å². The van der Waals surface area contributed by atoms with Crippen LogP contribution in [0.15, 0.2) is 6.33 Å². The van der Waals surface area contributed by atoms with Crippen molar-refractivity contribution in [3.63, 3.8) is 0 Å². The van der Waals surface area contributed by atoms with Crippen LogP contribution in [-0.4, -0.2) is 50.1 Å². The molecule has 0 saturated carbocycles. The van der Waals surface area contributed by atoms with Gasteiger partial charge in [0, 0.05) is 32.2 Å². The van der Waals surface area contributed by atoms with Crippen LogP contribution in [0.1, 0.15) is 11.3 Å². The highest BCUT2D eigenvalue weighted by atomic mass is 16.5. The maximum atomic E-state index is 5.63. The Bertz CT molecular complexity index is 374. The van der Waals surface area contributed by atoms with E-state index in [0.29, 0.717) is 32.3 Å². The van der Waals surface area contributed by atoms with Crippen LogP contribution in [0.25, 0.3) is 0 Å². The molecule has 1 aliphatic heterocycles. The number of rotatable bonds is 7. The summed E-state index contributed by atoms with van der Waals surface area (Å²) >= 11 is 0. The van der Waals surface area contributed by atoms with E-state index in [1.807, 2.05) is 0 Å². The molecule has 0 fully saturated rings. The average molecular weight is 253 g/mol. The first-order chi connectivity index (χ1) is 8.92. The second-order valence-electron chi connectivity index (χ2n) is 3.98. The smallest absolute Gasteiger partial charge is 0.221 e. The Balaban J connectivity index is 1.79. The number of hydrogen-bond donors (Lipinski definition) is 1. The first-order valence-corrected chi connectivity index (χ1v) is 6.14. The third kappa shape index (κ3) is 3.63. The average Bonchev–Trinajstić information content (AvgIpc) is 2.43. The number of nitrogens with zero attached hydrogens (tertiary/aromatic N) is 2. The predicted octanol–water partition coefficient (Wildman–Crippen LogP) is 0.164. The number of aromatic nitrogens is 2. The van der Waals surface area contributed by atoms with Gasteiger partial charge in [-0.1, -0.05) is 0 Å². The van der Waals surface area contributed by atoms with Crippen molar-refractivity contribution in [2.45, 2.75) is 13.0 Å². The van der Waals surface area contributed by atoms with E-state index >= 15 is 0 Å². The summed E-state index contributed by atoms with van der Waals surface area (Å²) in [6.45, 7) is 3.96. The lowest BCUT2D eigenvalue weighted by molar-refractivity contribution is 0.0534. The Hall–Kier alpha value is -1.24. The monoisotopic (exact) mass is 253 g/mol. The van der Waals surface area contributed by atoms with Gasteiger partial charge in [-0.2, -0.15) is 0 Å². The lowest BCUT2D eigenvalue weighted by Crippen LogP contribution is -2.26. The van der Waals surface area contributed by atoms with Crippen LogP contribution in [0, 0.1) is 0 Å². The molecule has 1 aliphatic rings. The topological polar surface area (TPSA) is 65.5 Å². The van der Waals surface area contributed by atoms with E-state index in [9.17, 15) is 0 Å². The molecule has 0 spiro atoms. The molecule has 0 aromatic carbocycles.